The SMILES string of the molecule is CCCNCC(=O)Nc1cc(N(C)C)c2c(c1O)C(=O)C1=C(O)[C@]3(O)C(=O)C(C(N)=O)=C(O)[C@@H](N(C)C)C3CC1C2. The van der Waals surface area contributed by atoms with Crippen molar-refractivity contribution >= 4 is 34.8 Å². The lowest BCUT2D eigenvalue weighted by molar-refractivity contribution is -0.148. The van der Waals surface area contributed by atoms with Gasteiger partial charge in [-0.05, 0) is 57.5 Å². The molecule has 0 heterocycles. The summed E-state index contributed by atoms with van der Waals surface area (Å²) < 4.78 is 0. The van der Waals surface area contributed by atoms with E-state index in [0.29, 0.717) is 17.8 Å². The topological polar surface area (TPSA) is 206 Å². The Labute approximate surface area is 237 Å². The predicted molar refractivity (Wildman–Crippen MR) is 150 cm³/mol. The maximum absolute atomic E-state index is 14.0. The van der Waals surface area contributed by atoms with Crippen LogP contribution >= 0.6 is 0 Å². The Bertz CT molecular complexity index is 1400. The summed E-state index contributed by atoms with van der Waals surface area (Å²) in [5.41, 5.74) is 2.35. The number of phenols is 1. The second-order valence-corrected chi connectivity index (χ2v) is 11.2. The molecule has 41 heavy (non-hydrogen) atoms. The van der Waals surface area contributed by atoms with Crippen LogP contribution in [0.4, 0.5) is 11.4 Å². The largest absolute Gasteiger partial charge is 0.510 e. The number of rotatable bonds is 8. The molecule has 4 rings (SSSR count). The Kier molecular flexibility index (Phi) is 7.91. The lowest BCUT2D eigenvalue weighted by atomic mass is 9.58. The maximum atomic E-state index is 14.0. The summed E-state index contributed by atoms with van der Waals surface area (Å²) in [6.45, 7) is 2.54. The molecule has 2 unspecified atom stereocenters. The van der Waals surface area contributed by atoms with Gasteiger partial charge in [0.1, 0.15) is 17.1 Å². The molecule has 0 fully saturated rings. The molecule has 0 spiro atoms. The molecule has 4 atom stereocenters. The van der Waals surface area contributed by atoms with Crippen LogP contribution in [0.2, 0.25) is 0 Å². The molecule has 2 amide bonds. The van der Waals surface area contributed by atoms with Crippen molar-refractivity contribution in [2.75, 3.05) is 51.5 Å². The van der Waals surface area contributed by atoms with Crippen molar-refractivity contribution in [2.45, 2.75) is 37.8 Å². The zero-order chi connectivity index (χ0) is 30.5. The van der Waals surface area contributed by atoms with E-state index < -0.39 is 69.7 Å². The molecular formula is C28H37N5O8. The first-order valence-corrected chi connectivity index (χ1v) is 13.4. The predicted octanol–water partition coefficient (Wildman–Crippen LogP) is 0.125. The number of amides is 2. The second-order valence-electron chi connectivity index (χ2n) is 11.2. The van der Waals surface area contributed by atoms with Crippen molar-refractivity contribution in [3.63, 3.8) is 0 Å². The molecule has 0 saturated heterocycles. The molecule has 13 nitrogen and oxygen atoms in total. The molecule has 0 radical (unpaired) electrons. The number of allylic oxidation sites excluding steroid dienone is 1. The standard InChI is InChI=1S/C28H37N5O8/c1-6-7-30-11-17(34)31-15-10-16(32(2)3)13-8-12-9-14-21(33(4)5)24(37)20(27(29)40)26(39)28(14,41)25(38)18(12)23(36)19(13)22(15)35/h10,12,14,21,30,35,37-38,41H,6-9,11H2,1-5H3,(H2,29,40)(H,31,34)/t12?,14?,21-,28-/m0/s1. The van der Waals surface area contributed by atoms with Gasteiger partial charge >= 0.3 is 0 Å². The third-order valence-corrected chi connectivity index (χ3v) is 8.17. The minimum atomic E-state index is -2.72. The lowest BCUT2D eigenvalue weighted by Gasteiger charge is -2.50. The van der Waals surface area contributed by atoms with E-state index in [-0.39, 0.29) is 36.2 Å². The summed E-state index contributed by atoms with van der Waals surface area (Å²) in [7, 11) is 6.63. The molecular weight excluding hydrogens is 534 g/mol. The van der Waals surface area contributed by atoms with Crippen LogP contribution < -0.4 is 21.3 Å². The average Bonchev–Trinajstić information content (AvgIpc) is 2.87. The smallest absolute Gasteiger partial charge is 0.255 e. The Morgan fingerprint density at radius 2 is 1.80 bits per heavy atom. The van der Waals surface area contributed by atoms with E-state index in [2.05, 4.69) is 10.6 Å². The van der Waals surface area contributed by atoms with Crippen molar-refractivity contribution in [3.05, 3.63) is 39.9 Å². The highest BCUT2D eigenvalue weighted by Crippen LogP contribution is 2.53. The van der Waals surface area contributed by atoms with Crippen molar-refractivity contribution in [3.8, 4) is 5.75 Å². The summed E-state index contributed by atoms with van der Waals surface area (Å²) in [6, 6.07) is 0.494. The number of anilines is 2. The minimum absolute atomic E-state index is 0.0129. The van der Waals surface area contributed by atoms with Crippen molar-refractivity contribution in [1.82, 2.24) is 10.2 Å². The van der Waals surface area contributed by atoms with Crippen LogP contribution in [0.25, 0.3) is 0 Å². The van der Waals surface area contributed by atoms with Gasteiger partial charge < -0.3 is 41.7 Å². The minimum Gasteiger partial charge on any atom is -0.510 e. The summed E-state index contributed by atoms with van der Waals surface area (Å²) in [4.78, 5) is 55.3. The molecule has 8 N–H and O–H groups in total. The fourth-order valence-corrected chi connectivity index (χ4v) is 6.37. The number of aliphatic hydroxyl groups is 3. The number of likely N-dealkylation sites (N-methyl/N-ethyl adjacent to an activating group) is 1. The van der Waals surface area contributed by atoms with Gasteiger partial charge in [0.25, 0.3) is 5.91 Å². The van der Waals surface area contributed by atoms with Gasteiger partial charge in [0.15, 0.2) is 17.1 Å². The van der Waals surface area contributed by atoms with Crippen LogP contribution in [0, 0.1) is 11.8 Å². The first kappa shape index (κ1) is 30.0. The van der Waals surface area contributed by atoms with E-state index in [1.54, 1.807) is 39.2 Å². The third-order valence-electron chi connectivity index (χ3n) is 8.17. The molecule has 0 aromatic heterocycles. The molecule has 0 saturated carbocycles. The maximum Gasteiger partial charge on any atom is 0.255 e. The van der Waals surface area contributed by atoms with E-state index in [1.807, 2.05) is 6.92 Å². The zero-order valence-electron chi connectivity index (χ0n) is 23.7. The van der Waals surface area contributed by atoms with Crippen LogP contribution in [-0.2, 0) is 20.8 Å². The molecule has 1 aromatic rings. The number of phenolic OH excluding ortho intramolecular Hbond substituents is 1. The fourth-order valence-electron chi connectivity index (χ4n) is 6.37. The third kappa shape index (κ3) is 4.63. The van der Waals surface area contributed by atoms with Gasteiger partial charge in [-0.1, -0.05) is 6.92 Å². The average molecular weight is 572 g/mol. The molecule has 222 valence electrons. The summed E-state index contributed by atoms with van der Waals surface area (Å²) in [5.74, 6) is -7.73. The molecule has 3 aliphatic carbocycles. The number of aliphatic hydroxyl groups excluding tert-OH is 2. The van der Waals surface area contributed by atoms with Gasteiger partial charge in [0, 0.05) is 31.3 Å². The summed E-state index contributed by atoms with van der Waals surface area (Å²) in [6.07, 6.45) is 0.945. The number of aromatic hydroxyl groups is 1. The zero-order valence-corrected chi connectivity index (χ0v) is 23.7. The highest BCUT2D eigenvalue weighted by Gasteiger charge is 2.63. The Morgan fingerprint density at radius 3 is 2.37 bits per heavy atom. The van der Waals surface area contributed by atoms with Gasteiger partial charge in [-0.15, -0.1) is 0 Å². The first-order valence-electron chi connectivity index (χ1n) is 13.4. The van der Waals surface area contributed by atoms with Gasteiger partial charge in [0.05, 0.1) is 23.8 Å². The molecule has 0 bridgehead atoms. The number of carbonyl (C=O) groups is 4. The summed E-state index contributed by atoms with van der Waals surface area (Å²) >= 11 is 0. The normalized spacial score (nSPS) is 25.6. The number of carbonyl (C=O) groups excluding carboxylic acids is 4. The summed E-state index contributed by atoms with van der Waals surface area (Å²) in [5, 5.41) is 50.9. The monoisotopic (exact) mass is 571 g/mol. The Morgan fingerprint density at radius 1 is 1.15 bits per heavy atom. The number of primary amides is 1. The Balaban J connectivity index is 1.88. The first-order chi connectivity index (χ1) is 19.2. The van der Waals surface area contributed by atoms with Crippen LogP contribution in [0.3, 0.4) is 0 Å². The number of hydrogen-bond donors (Lipinski definition) is 7. The number of benzene rings is 1. The van der Waals surface area contributed by atoms with Crippen LogP contribution in [-0.4, -0.2) is 102 Å². The molecule has 0 aliphatic heterocycles. The number of fused-ring (bicyclic) bond motifs is 3. The van der Waals surface area contributed by atoms with Crippen LogP contribution in [0.5, 0.6) is 5.75 Å². The van der Waals surface area contributed by atoms with Gasteiger partial charge in [0.2, 0.25) is 11.7 Å². The number of nitrogens with zero attached hydrogens (tertiary/aromatic N) is 2. The van der Waals surface area contributed by atoms with E-state index >= 15 is 0 Å². The van der Waals surface area contributed by atoms with Gasteiger partial charge in [-0.25, -0.2) is 0 Å². The van der Waals surface area contributed by atoms with E-state index in [9.17, 15) is 39.6 Å². The molecule has 1 aromatic carbocycles. The number of nitrogens with one attached hydrogen (secondary N) is 2. The highest BCUT2D eigenvalue weighted by atomic mass is 16.3. The van der Waals surface area contributed by atoms with Crippen molar-refractivity contribution in [2.24, 2.45) is 17.6 Å². The quantitative estimate of drug-likeness (QED) is 0.127. The fraction of sp³-hybridized carbons (Fsp3) is 0.500. The number of Topliss-reactive ketones (excluding diaryl/α,β-unsaturated/α-hetero) is 2. The van der Waals surface area contributed by atoms with Gasteiger partial charge in [-0.3, -0.25) is 24.1 Å². The molecule has 3 aliphatic rings. The Hall–Kier alpha value is -3.94. The number of ketones is 2. The van der Waals surface area contributed by atoms with Crippen LogP contribution in [0.15, 0.2) is 28.7 Å². The van der Waals surface area contributed by atoms with Crippen molar-refractivity contribution < 1.29 is 39.6 Å². The number of hydrogen-bond acceptors (Lipinski definition) is 11. The second kappa shape index (κ2) is 10.8. The van der Waals surface area contributed by atoms with E-state index in [0.717, 1.165) is 6.42 Å². The highest BCUT2D eigenvalue weighted by molar-refractivity contribution is 6.25. The number of nitrogens with two attached hydrogens (primary N) is 1. The molecule has 13 heteroatoms. The van der Waals surface area contributed by atoms with E-state index in [4.69, 9.17) is 5.73 Å². The van der Waals surface area contributed by atoms with E-state index in [1.165, 1.54) is 4.90 Å². The van der Waals surface area contributed by atoms with Gasteiger partial charge in [-0.2, -0.15) is 0 Å². The van der Waals surface area contributed by atoms with Crippen molar-refractivity contribution in [1.29, 1.82) is 0 Å². The lowest BCUT2D eigenvalue weighted by Crippen LogP contribution is -2.63. The van der Waals surface area contributed by atoms with Crippen LogP contribution in [0.1, 0.15) is 35.7 Å².